The van der Waals surface area contributed by atoms with Gasteiger partial charge in [-0.05, 0) is 45.4 Å². The van der Waals surface area contributed by atoms with Crippen LogP contribution in [0.4, 0.5) is 4.79 Å². The Morgan fingerprint density at radius 3 is 2.54 bits per heavy atom. The molecule has 10 nitrogen and oxygen atoms in total. The van der Waals surface area contributed by atoms with Crippen molar-refractivity contribution in [3.63, 3.8) is 0 Å². The molecule has 0 aliphatic carbocycles. The quantitative estimate of drug-likeness (QED) is 0.222. The molecule has 10 heteroatoms. The number of amides is 1. The molecule has 0 saturated carbocycles. The smallest absolute Gasteiger partial charge is 0.409 e. The Morgan fingerprint density at radius 2 is 1.90 bits per heavy atom. The van der Waals surface area contributed by atoms with E-state index < -0.39 is 35.9 Å². The molecule has 0 aromatic carbocycles. The summed E-state index contributed by atoms with van der Waals surface area (Å²) in [6, 6.07) is 0. The van der Waals surface area contributed by atoms with Gasteiger partial charge in [0, 0.05) is 44.9 Å². The fraction of sp³-hybridized carbons (Fsp3) is 0.690. The number of hydrogen-bond acceptors (Lipinski definition) is 9. The summed E-state index contributed by atoms with van der Waals surface area (Å²) in [4.78, 5) is 40.4. The van der Waals surface area contributed by atoms with Gasteiger partial charge in [0.1, 0.15) is 17.8 Å². The van der Waals surface area contributed by atoms with Gasteiger partial charge in [0.15, 0.2) is 0 Å². The second-order valence-electron chi connectivity index (χ2n) is 11.1. The van der Waals surface area contributed by atoms with Crippen molar-refractivity contribution >= 4 is 18.0 Å². The summed E-state index contributed by atoms with van der Waals surface area (Å²) < 4.78 is 16.6. The highest BCUT2D eigenvalue weighted by molar-refractivity contribution is 5.70. The van der Waals surface area contributed by atoms with E-state index in [4.69, 9.17) is 14.2 Å². The van der Waals surface area contributed by atoms with E-state index in [-0.39, 0.29) is 43.8 Å². The molecule has 1 fully saturated rings. The largest absolute Gasteiger partial charge is 0.457 e. The number of aliphatic hydroxyl groups excluding tert-OH is 1. The minimum atomic E-state index is -1.42. The van der Waals surface area contributed by atoms with Crippen molar-refractivity contribution < 1.29 is 38.8 Å². The molecule has 0 aromatic rings. The fourth-order valence-electron chi connectivity index (χ4n) is 4.46. The highest BCUT2D eigenvalue weighted by atomic mass is 16.6. The summed E-state index contributed by atoms with van der Waals surface area (Å²) >= 11 is 0. The minimum absolute atomic E-state index is 0.0245. The molecule has 0 bridgehead atoms. The van der Waals surface area contributed by atoms with Gasteiger partial charge >= 0.3 is 18.0 Å². The molecule has 2 aliphatic heterocycles. The number of rotatable bonds is 6. The van der Waals surface area contributed by atoms with Crippen LogP contribution in [-0.2, 0) is 23.8 Å². The second kappa shape index (κ2) is 15.2. The Morgan fingerprint density at radius 1 is 1.23 bits per heavy atom. The number of esters is 2. The maximum absolute atomic E-state index is 12.6. The molecule has 0 aromatic heterocycles. The van der Waals surface area contributed by atoms with Crippen LogP contribution >= 0.6 is 0 Å². The van der Waals surface area contributed by atoms with E-state index in [1.54, 1.807) is 24.0 Å². The number of hydrogen-bond donors (Lipinski definition) is 2. The Kier molecular flexibility index (Phi) is 12.7. The third-order valence-electron chi connectivity index (χ3n) is 7.10. The van der Waals surface area contributed by atoms with Gasteiger partial charge in [0.2, 0.25) is 0 Å². The lowest BCUT2D eigenvalue weighted by Gasteiger charge is -2.32. The molecule has 2 rings (SSSR count). The lowest BCUT2D eigenvalue weighted by Crippen LogP contribution is -2.47. The number of allylic oxidation sites excluding steroid dienone is 2. The first-order valence-corrected chi connectivity index (χ1v) is 13.7. The SMILES string of the molecule is CC(=O)O[C@H]1/C=C\[C@H](C)[C@@H](/C(C)=C/C=C/[C@@H](C)COC(=O)N2CCN(C)CC2)OC(=O)C[C@@H](O)CC[C@]1(C)O. The molecule has 1 saturated heterocycles. The predicted octanol–water partition coefficient (Wildman–Crippen LogP) is 2.84. The molecular formula is C29H46N2O8. The molecule has 1 amide bonds. The van der Waals surface area contributed by atoms with Crippen LogP contribution < -0.4 is 0 Å². The number of carbonyl (C=O) groups is 3. The first-order chi connectivity index (χ1) is 18.3. The van der Waals surface area contributed by atoms with E-state index in [1.165, 1.54) is 6.92 Å². The lowest BCUT2D eigenvalue weighted by atomic mass is 9.88. The Hall–Kier alpha value is -2.69. The zero-order valence-electron chi connectivity index (χ0n) is 24.2. The van der Waals surface area contributed by atoms with Crippen molar-refractivity contribution in [2.24, 2.45) is 11.8 Å². The van der Waals surface area contributed by atoms with Crippen LogP contribution in [0.2, 0.25) is 0 Å². The first kappa shape index (κ1) is 32.5. The first-order valence-electron chi connectivity index (χ1n) is 13.7. The third kappa shape index (κ3) is 11.1. The number of cyclic esters (lactones) is 1. The molecule has 2 heterocycles. The van der Waals surface area contributed by atoms with Gasteiger partial charge in [-0.15, -0.1) is 0 Å². The highest BCUT2D eigenvalue weighted by Crippen LogP contribution is 2.27. The predicted molar refractivity (Wildman–Crippen MR) is 147 cm³/mol. The highest BCUT2D eigenvalue weighted by Gasteiger charge is 2.35. The van der Waals surface area contributed by atoms with Crippen LogP contribution in [0, 0.1) is 11.8 Å². The second-order valence-corrected chi connectivity index (χ2v) is 11.1. The molecule has 6 atom stereocenters. The molecule has 0 radical (unpaired) electrons. The number of likely N-dealkylation sites (N-methyl/N-ethyl adjacent to an activating group) is 1. The Labute approximate surface area is 232 Å². The number of nitrogens with zero attached hydrogens (tertiary/aromatic N) is 2. The summed E-state index contributed by atoms with van der Waals surface area (Å²) in [6.07, 6.45) is 6.17. The maximum atomic E-state index is 12.6. The molecule has 0 unspecified atom stereocenters. The average Bonchev–Trinajstić information content (AvgIpc) is 2.86. The lowest BCUT2D eigenvalue weighted by molar-refractivity contribution is -0.157. The van der Waals surface area contributed by atoms with E-state index in [2.05, 4.69) is 4.90 Å². The van der Waals surface area contributed by atoms with Crippen molar-refractivity contribution in [3.05, 3.63) is 36.0 Å². The normalized spacial score (nSPS) is 31.5. The van der Waals surface area contributed by atoms with Crippen LogP contribution in [0.1, 0.15) is 53.9 Å². The van der Waals surface area contributed by atoms with E-state index >= 15 is 0 Å². The monoisotopic (exact) mass is 550 g/mol. The van der Waals surface area contributed by atoms with Gasteiger partial charge < -0.3 is 34.2 Å². The third-order valence-corrected chi connectivity index (χ3v) is 7.10. The Balaban J connectivity index is 2.09. The number of ether oxygens (including phenoxy) is 3. The molecule has 0 spiro atoms. The molecule has 2 aliphatic rings. The number of carbonyl (C=O) groups excluding carboxylic acids is 3. The standard InChI is InChI=1S/C29H46N2O8/c1-20(19-37-28(35)31-16-14-30(6)15-17-31)8-7-9-21(2)27-22(3)10-11-25(38-23(4)32)29(5,36)13-12-24(33)18-26(34)39-27/h7-11,20,22,24-25,27,33,36H,12-19H2,1-6H3/b8-7+,11-10-,21-9+/t20-,22+,24+,25+,27-,29+/m1/s1. The van der Waals surface area contributed by atoms with Crippen molar-refractivity contribution in [1.82, 2.24) is 9.80 Å². The van der Waals surface area contributed by atoms with Crippen LogP contribution in [0.15, 0.2) is 36.0 Å². The summed E-state index contributed by atoms with van der Waals surface area (Å²) in [5.74, 6) is -1.40. The molecule has 2 N–H and O–H groups in total. The Bertz CT molecular complexity index is 920. The van der Waals surface area contributed by atoms with Crippen molar-refractivity contribution in [3.8, 4) is 0 Å². The average molecular weight is 551 g/mol. The topological polar surface area (TPSA) is 126 Å². The van der Waals surface area contributed by atoms with Crippen LogP contribution in [-0.4, -0.2) is 102 Å². The number of aliphatic hydroxyl groups is 2. The molecular weight excluding hydrogens is 504 g/mol. The summed E-state index contributed by atoms with van der Waals surface area (Å²) in [5.41, 5.74) is -0.653. The van der Waals surface area contributed by atoms with Gasteiger partial charge in [-0.25, -0.2) is 4.79 Å². The zero-order chi connectivity index (χ0) is 29.2. The van der Waals surface area contributed by atoms with Crippen molar-refractivity contribution in [1.29, 1.82) is 0 Å². The van der Waals surface area contributed by atoms with E-state index in [0.29, 0.717) is 13.1 Å². The van der Waals surface area contributed by atoms with E-state index in [9.17, 15) is 24.6 Å². The maximum Gasteiger partial charge on any atom is 0.409 e. The van der Waals surface area contributed by atoms with Crippen molar-refractivity contribution in [2.75, 3.05) is 39.8 Å². The van der Waals surface area contributed by atoms with Gasteiger partial charge in [-0.1, -0.05) is 38.2 Å². The summed E-state index contributed by atoms with van der Waals surface area (Å²) in [5, 5.41) is 21.3. The van der Waals surface area contributed by atoms with Gasteiger partial charge in [0.05, 0.1) is 19.1 Å². The van der Waals surface area contributed by atoms with E-state index in [1.807, 2.05) is 46.0 Å². The summed E-state index contributed by atoms with van der Waals surface area (Å²) in [6.45, 7) is 11.7. The van der Waals surface area contributed by atoms with Gasteiger partial charge in [-0.2, -0.15) is 0 Å². The van der Waals surface area contributed by atoms with Crippen LogP contribution in [0.5, 0.6) is 0 Å². The molecule has 220 valence electrons. The van der Waals surface area contributed by atoms with Gasteiger partial charge in [0.25, 0.3) is 0 Å². The number of piperazine rings is 1. The minimum Gasteiger partial charge on any atom is -0.457 e. The molecule has 39 heavy (non-hydrogen) atoms. The van der Waals surface area contributed by atoms with Crippen molar-refractivity contribution in [2.45, 2.75) is 77.8 Å². The fourth-order valence-corrected chi connectivity index (χ4v) is 4.46. The van der Waals surface area contributed by atoms with E-state index in [0.717, 1.165) is 18.7 Å². The summed E-state index contributed by atoms with van der Waals surface area (Å²) in [7, 11) is 2.03. The zero-order valence-corrected chi connectivity index (χ0v) is 24.2. The van der Waals surface area contributed by atoms with Crippen LogP contribution in [0.25, 0.3) is 0 Å². The van der Waals surface area contributed by atoms with Crippen LogP contribution in [0.3, 0.4) is 0 Å². The van der Waals surface area contributed by atoms with Gasteiger partial charge in [-0.3, -0.25) is 9.59 Å².